The van der Waals surface area contributed by atoms with Crippen molar-refractivity contribution in [3.05, 3.63) is 54.6 Å². The quantitative estimate of drug-likeness (QED) is 0.677. The van der Waals surface area contributed by atoms with Gasteiger partial charge in [-0.1, -0.05) is 24.3 Å². The molecule has 2 nitrogen and oxygen atoms in total. The zero-order valence-corrected chi connectivity index (χ0v) is 14.0. The van der Waals surface area contributed by atoms with Crippen molar-refractivity contribution >= 4 is 49.0 Å². The first-order valence-electron chi connectivity index (χ1n) is 5.48. The van der Waals surface area contributed by atoms with Crippen molar-refractivity contribution in [1.82, 2.24) is 0 Å². The van der Waals surface area contributed by atoms with Crippen LogP contribution in [0.1, 0.15) is 26.7 Å². The van der Waals surface area contributed by atoms with Crippen LogP contribution in [-0.4, -0.2) is 5.78 Å². The second-order valence-electron chi connectivity index (χ2n) is 4.02. The van der Waals surface area contributed by atoms with E-state index in [-0.39, 0.29) is 5.78 Å². The molecule has 1 atom stereocenters. The molecule has 2 aromatic rings. The SMILES string of the molecule is Cc1ccccc1C(C#N)C(=O)c1cc(Br)c(Br)s1. The van der Waals surface area contributed by atoms with Crippen LogP contribution in [-0.2, 0) is 0 Å². The van der Waals surface area contributed by atoms with Gasteiger partial charge >= 0.3 is 0 Å². The summed E-state index contributed by atoms with van der Waals surface area (Å²) < 4.78 is 1.69. The van der Waals surface area contributed by atoms with Gasteiger partial charge in [0.2, 0.25) is 0 Å². The average molecular weight is 399 g/mol. The largest absolute Gasteiger partial charge is 0.291 e. The molecule has 0 aliphatic rings. The van der Waals surface area contributed by atoms with Gasteiger partial charge in [-0.25, -0.2) is 0 Å². The minimum Gasteiger partial charge on any atom is -0.291 e. The third-order valence-corrected chi connectivity index (χ3v) is 6.05. The van der Waals surface area contributed by atoms with Crippen LogP contribution in [0.3, 0.4) is 0 Å². The summed E-state index contributed by atoms with van der Waals surface area (Å²) in [7, 11) is 0. The number of rotatable bonds is 3. The zero-order chi connectivity index (χ0) is 14.0. The van der Waals surface area contributed by atoms with Gasteiger partial charge in [-0.15, -0.1) is 11.3 Å². The normalized spacial score (nSPS) is 11.9. The summed E-state index contributed by atoms with van der Waals surface area (Å²) in [6.07, 6.45) is 0. The molecule has 19 heavy (non-hydrogen) atoms. The Bertz CT molecular complexity index is 653. The Morgan fingerprint density at radius 2 is 2.05 bits per heavy atom. The summed E-state index contributed by atoms with van der Waals surface area (Å²) in [6.45, 7) is 1.91. The van der Waals surface area contributed by atoms with E-state index in [2.05, 4.69) is 37.9 Å². The summed E-state index contributed by atoms with van der Waals surface area (Å²) in [5.41, 5.74) is 1.73. The van der Waals surface area contributed by atoms with Crippen molar-refractivity contribution in [3.8, 4) is 6.07 Å². The molecular formula is C14H9Br2NOS. The monoisotopic (exact) mass is 397 g/mol. The third-order valence-electron chi connectivity index (χ3n) is 2.78. The van der Waals surface area contributed by atoms with Crippen LogP contribution in [0.5, 0.6) is 0 Å². The fourth-order valence-corrected chi connectivity index (χ4v) is 3.80. The molecule has 0 aliphatic carbocycles. The van der Waals surface area contributed by atoms with E-state index in [9.17, 15) is 10.1 Å². The Morgan fingerprint density at radius 3 is 2.58 bits per heavy atom. The Balaban J connectivity index is 2.41. The molecule has 1 aromatic carbocycles. The maximum atomic E-state index is 12.4. The smallest absolute Gasteiger partial charge is 0.194 e. The Labute approximate surface area is 132 Å². The molecule has 0 radical (unpaired) electrons. The van der Waals surface area contributed by atoms with Crippen LogP contribution in [0.2, 0.25) is 0 Å². The predicted octanol–water partition coefficient (Wildman–Crippen LogP) is 5.07. The molecule has 2 rings (SSSR count). The van der Waals surface area contributed by atoms with E-state index in [0.717, 1.165) is 19.4 Å². The van der Waals surface area contributed by atoms with Crippen LogP contribution in [0.15, 0.2) is 38.6 Å². The molecule has 1 aromatic heterocycles. The molecule has 5 heteroatoms. The lowest BCUT2D eigenvalue weighted by atomic mass is 9.92. The van der Waals surface area contributed by atoms with Crippen molar-refractivity contribution in [2.45, 2.75) is 12.8 Å². The molecule has 1 unspecified atom stereocenters. The Kier molecular flexibility index (Phi) is 4.56. The van der Waals surface area contributed by atoms with E-state index in [1.54, 1.807) is 6.07 Å². The van der Waals surface area contributed by atoms with Gasteiger partial charge in [-0.05, 0) is 56.0 Å². The van der Waals surface area contributed by atoms with Gasteiger partial charge in [0.25, 0.3) is 0 Å². The number of thiophene rings is 1. The van der Waals surface area contributed by atoms with E-state index in [1.165, 1.54) is 11.3 Å². The van der Waals surface area contributed by atoms with Gasteiger partial charge in [0.15, 0.2) is 5.78 Å². The van der Waals surface area contributed by atoms with Crippen LogP contribution in [0, 0.1) is 18.3 Å². The fourth-order valence-electron chi connectivity index (χ4n) is 1.79. The van der Waals surface area contributed by atoms with Gasteiger partial charge in [-0.3, -0.25) is 4.79 Å². The van der Waals surface area contributed by atoms with Crippen molar-refractivity contribution < 1.29 is 4.79 Å². The molecule has 0 bridgehead atoms. The summed E-state index contributed by atoms with van der Waals surface area (Å²) in [5, 5.41) is 9.32. The van der Waals surface area contributed by atoms with Gasteiger partial charge < -0.3 is 0 Å². The van der Waals surface area contributed by atoms with Gasteiger partial charge in [0, 0.05) is 4.47 Å². The molecule has 96 valence electrons. The number of ketones is 1. The molecule has 0 saturated carbocycles. The topological polar surface area (TPSA) is 40.9 Å². The standard InChI is InChI=1S/C14H9Br2NOS/c1-8-4-2-3-5-9(8)10(7-17)13(18)12-6-11(15)14(16)19-12/h2-6,10H,1H3. The Morgan fingerprint density at radius 1 is 1.37 bits per heavy atom. The number of halogens is 2. The number of nitrogens with zero attached hydrogens (tertiary/aromatic N) is 1. The summed E-state index contributed by atoms with van der Waals surface area (Å²) >= 11 is 8.05. The highest BCUT2D eigenvalue weighted by Gasteiger charge is 2.25. The first-order valence-corrected chi connectivity index (χ1v) is 7.89. The lowest BCUT2D eigenvalue weighted by molar-refractivity contribution is 0.0982. The maximum absolute atomic E-state index is 12.4. The molecule has 0 saturated heterocycles. The van der Waals surface area contributed by atoms with Crippen molar-refractivity contribution in [2.24, 2.45) is 0 Å². The maximum Gasteiger partial charge on any atom is 0.194 e. The highest BCUT2D eigenvalue weighted by molar-refractivity contribution is 9.13. The zero-order valence-electron chi connectivity index (χ0n) is 9.98. The number of carbonyl (C=O) groups excluding carboxylic acids is 1. The summed E-state index contributed by atoms with van der Waals surface area (Å²) in [5.74, 6) is -0.910. The fraction of sp³-hybridized carbons (Fsp3) is 0.143. The molecule has 0 spiro atoms. The number of hydrogen-bond donors (Lipinski definition) is 0. The van der Waals surface area contributed by atoms with E-state index in [4.69, 9.17) is 0 Å². The van der Waals surface area contributed by atoms with Crippen LogP contribution in [0.4, 0.5) is 0 Å². The van der Waals surface area contributed by atoms with Crippen LogP contribution >= 0.6 is 43.2 Å². The molecule has 0 fully saturated rings. The molecule has 0 amide bonds. The average Bonchev–Trinajstić information content (AvgIpc) is 2.73. The number of nitriles is 1. The molecule has 1 heterocycles. The molecular weight excluding hydrogens is 390 g/mol. The number of aryl methyl sites for hydroxylation is 1. The Hall–Kier alpha value is -0.960. The summed E-state index contributed by atoms with van der Waals surface area (Å²) in [4.78, 5) is 13.0. The van der Waals surface area contributed by atoms with E-state index in [0.29, 0.717) is 4.88 Å². The summed E-state index contributed by atoms with van der Waals surface area (Å²) in [6, 6.07) is 11.4. The van der Waals surface area contributed by atoms with Gasteiger partial charge in [-0.2, -0.15) is 5.26 Å². The molecule has 0 N–H and O–H groups in total. The van der Waals surface area contributed by atoms with Crippen molar-refractivity contribution in [3.63, 3.8) is 0 Å². The minimum absolute atomic E-state index is 0.159. The highest BCUT2D eigenvalue weighted by atomic mass is 79.9. The second kappa shape index (κ2) is 6.00. The number of benzene rings is 1. The first kappa shape index (κ1) is 14.4. The highest BCUT2D eigenvalue weighted by Crippen LogP contribution is 2.35. The number of hydrogen-bond acceptors (Lipinski definition) is 3. The predicted molar refractivity (Wildman–Crippen MR) is 83.6 cm³/mol. The van der Waals surface area contributed by atoms with Crippen molar-refractivity contribution in [1.29, 1.82) is 5.26 Å². The van der Waals surface area contributed by atoms with E-state index < -0.39 is 5.92 Å². The van der Waals surface area contributed by atoms with E-state index in [1.807, 2.05) is 31.2 Å². The minimum atomic E-state index is -0.751. The second-order valence-corrected chi connectivity index (χ2v) is 7.24. The number of Topliss-reactive ketones (excluding diaryl/α,β-unsaturated/α-hetero) is 1. The third kappa shape index (κ3) is 2.97. The first-order chi connectivity index (χ1) is 9.04. The lowest BCUT2D eigenvalue weighted by Crippen LogP contribution is -2.11. The number of carbonyl (C=O) groups is 1. The van der Waals surface area contributed by atoms with Crippen molar-refractivity contribution in [2.75, 3.05) is 0 Å². The van der Waals surface area contributed by atoms with Gasteiger partial charge in [0.1, 0.15) is 5.92 Å². The lowest BCUT2D eigenvalue weighted by Gasteiger charge is -2.10. The van der Waals surface area contributed by atoms with Crippen LogP contribution < -0.4 is 0 Å². The van der Waals surface area contributed by atoms with E-state index >= 15 is 0 Å². The van der Waals surface area contributed by atoms with Gasteiger partial charge in [0.05, 0.1) is 14.7 Å². The van der Waals surface area contributed by atoms with Crippen LogP contribution in [0.25, 0.3) is 0 Å². The molecule has 0 aliphatic heterocycles.